The molecule has 2 amide bonds. The zero-order valence-electron chi connectivity index (χ0n) is 18.1. The number of ether oxygens (including phenoxy) is 1. The van der Waals surface area contributed by atoms with Gasteiger partial charge in [-0.05, 0) is 45.4 Å². The Hall–Kier alpha value is -2.08. The Kier molecular flexibility index (Phi) is 5.12. The van der Waals surface area contributed by atoms with Crippen molar-refractivity contribution in [3.8, 4) is 5.75 Å². The van der Waals surface area contributed by atoms with Crippen LogP contribution in [0.15, 0.2) is 12.1 Å². The van der Waals surface area contributed by atoms with Crippen molar-refractivity contribution in [1.29, 1.82) is 0 Å². The second kappa shape index (κ2) is 7.26. The third kappa shape index (κ3) is 3.70. The smallest absolute Gasteiger partial charge is 0.227 e. The number of likely N-dealkylation sites (tertiary alicyclic amines) is 2. The molecule has 1 aromatic rings. The predicted octanol–water partition coefficient (Wildman–Crippen LogP) is 3.62. The molecule has 162 valence electrons. The third-order valence-corrected chi connectivity index (χ3v) is 7.05. The summed E-state index contributed by atoms with van der Waals surface area (Å²) in [6.45, 7) is 9.42. The maximum Gasteiger partial charge on any atom is 0.227 e. The molecule has 3 aliphatic rings. The van der Waals surface area contributed by atoms with E-state index in [1.807, 2.05) is 38.7 Å². The Morgan fingerprint density at radius 1 is 1.20 bits per heavy atom. The van der Waals surface area contributed by atoms with Crippen molar-refractivity contribution in [2.24, 2.45) is 5.92 Å². The van der Waals surface area contributed by atoms with E-state index in [2.05, 4.69) is 0 Å². The van der Waals surface area contributed by atoms with Gasteiger partial charge in [0.15, 0.2) is 5.78 Å². The molecule has 0 aromatic heterocycles. The number of halogens is 1. The van der Waals surface area contributed by atoms with Crippen molar-refractivity contribution in [3.05, 3.63) is 28.3 Å². The van der Waals surface area contributed by atoms with Crippen LogP contribution in [0.3, 0.4) is 0 Å². The van der Waals surface area contributed by atoms with Crippen LogP contribution in [0.1, 0.15) is 62.4 Å². The number of carbonyl (C=O) groups is 3. The molecule has 0 radical (unpaired) electrons. The van der Waals surface area contributed by atoms with E-state index in [-0.39, 0.29) is 35.5 Å². The van der Waals surface area contributed by atoms with Gasteiger partial charge in [0.1, 0.15) is 11.4 Å². The maximum absolute atomic E-state index is 13.1. The van der Waals surface area contributed by atoms with Gasteiger partial charge < -0.3 is 14.5 Å². The van der Waals surface area contributed by atoms with Crippen molar-refractivity contribution in [2.45, 2.75) is 64.5 Å². The number of hydrogen-bond acceptors (Lipinski definition) is 4. The van der Waals surface area contributed by atoms with E-state index in [0.717, 1.165) is 5.56 Å². The lowest BCUT2D eigenvalue weighted by molar-refractivity contribution is -0.139. The lowest BCUT2D eigenvalue weighted by Crippen LogP contribution is -2.53. The number of amides is 2. The lowest BCUT2D eigenvalue weighted by atomic mass is 9.82. The van der Waals surface area contributed by atoms with Gasteiger partial charge in [-0.25, -0.2) is 0 Å². The molecular weight excluding hydrogens is 404 g/mol. The van der Waals surface area contributed by atoms with Gasteiger partial charge in [-0.3, -0.25) is 14.4 Å². The Bertz CT molecular complexity index is 913. The largest absolute Gasteiger partial charge is 0.486 e. The van der Waals surface area contributed by atoms with Gasteiger partial charge in [0.05, 0.1) is 17.9 Å². The van der Waals surface area contributed by atoms with Gasteiger partial charge in [-0.15, -0.1) is 0 Å². The average Bonchev–Trinajstić information content (AvgIpc) is 3.06. The third-order valence-electron chi connectivity index (χ3n) is 6.64. The fourth-order valence-corrected chi connectivity index (χ4v) is 4.97. The lowest BCUT2D eigenvalue weighted by Gasteiger charge is -2.44. The molecule has 0 saturated carbocycles. The highest BCUT2D eigenvalue weighted by molar-refractivity contribution is 6.31. The SMILES string of the molecule is Cc1cc2c(cc1Cl)C(=O)CC1(CCN(C(=O)C3CC(=O)N(C(C)(C)C)C3)CC1)O2. The number of fused-ring (bicyclic) bond motifs is 1. The summed E-state index contributed by atoms with van der Waals surface area (Å²) in [7, 11) is 0. The van der Waals surface area contributed by atoms with Crippen LogP contribution in [-0.4, -0.2) is 58.2 Å². The van der Waals surface area contributed by atoms with Crippen molar-refractivity contribution < 1.29 is 19.1 Å². The van der Waals surface area contributed by atoms with Crippen LogP contribution in [0.25, 0.3) is 0 Å². The number of Topliss-reactive ketones (excluding diaryl/α,β-unsaturated/α-hetero) is 1. The standard InChI is InChI=1S/C23H29ClN2O4/c1-14-9-19-16(11-17(14)24)18(27)12-23(30-19)5-7-25(8-6-23)21(29)15-10-20(28)26(13-15)22(2,3)4/h9,11,15H,5-8,10,12-13H2,1-4H3. The highest BCUT2D eigenvalue weighted by atomic mass is 35.5. The molecule has 2 saturated heterocycles. The number of rotatable bonds is 1. The number of piperidine rings is 1. The summed E-state index contributed by atoms with van der Waals surface area (Å²) in [6.07, 6.45) is 1.80. The van der Waals surface area contributed by atoms with Crippen molar-refractivity contribution in [3.63, 3.8) is 0 Å². The van der Waals surface area contributed by atoms with E-state index in [9.17, 15) is 14.4 Å². The number of ketones is 1. The molecule has 4 rings (SSSR count). The molecule has 2 fully saturated rings. The first-order valence-electron chi connectivity index (χ1n) is 10.6. The van der Waals surface area contributed by atoms with Gasteiger partial charge in [-0.1, -0.05) is 11.6 Å². The molecule has 1 atom stereocenters. The fourth-order valence-electron chi connectivity index (χ4n) is 4.81. The molecule has 1 unspecified atom stereocenters. The molecule has 0 bridgehead atoms. The predicted molar refractivity (Wildman–Crippen MR) is 114 cm³/mol. The number of carbonyl (C=O) groups excluding carboxylic acids is 3. The Balaban J connectivity index is 1.43. The molecule has 6 nitrogen and oxygen atoms in total. The summed E-state index contributed by atoms with van der Waals surface area (Å²) < 4.78 is 6.32. The minimum Gasteiger partial charge on any atom is -0.486 e. The van der Waals surface area contributed by atoms with E-state index in [1.54, 1.807) is 11.0 Å². The molecule has 0 N–H and O–H groups in total. The molecule has 0 aliphatic carbocycles. The minimum absolute atomic E-state index is 0.0371. The maximum atomic E-state index is 13.1. The van der Waals surface area contributed by atoms with Crippen molar-refractivity contribution >= 4 is 29.2 Å². The number of benzene rings is 1. The second-order valence-electron chi connectivity index (χ2n) is 9.88. The van der Waals surface area contributed by atoms with Crippen LogP contribution in [0.4, 0.5) is 0 Å². The van der Waals surface area contributed by atoms with Gasteiger partial charge in [0.2, 0.25) is 11.8 Å². The summed E-state index contributed by atoms with van der Waals surface area (Å²) in [4.78, 5) is 41.8. The van der Waals surface area contributed by atoms with Crippen LogP contribution < -0.4 is 4.74 Å². The van der Waals surface area contributed by atoms with Crippen LogP contribution in [0.2, 0.25) is 5.02 Å². The van der Waals surface area contributed by atoms with Crippen molar-refractivity contribution in [1.82, 2.24) is 9.80 Å². The Labute approximate surface area is 182 Å². The average molecular weight is 433 g/mol. The number of nitrogens with zero attached hydrogens (tertiary/aromatic N) is 2. The van der Waals surface area contributed by atoms with E-state index in [1.165, 1.54) is 0 Å². The minimum atomic E-state index is -0.565. The van der Waals surface area contributed by atoms with E-state index < -0.39 is 5.60 Å². The summed E-state index contributed by atoms with van der Waals surface area (Å²) >= 11 is 6.17. The topological polar surface area (TPSA) is 66.9 Å². The summed E-state index contributed by atoms with van der Waals surface area (Å²) in [5, 5.41) is 0.567. The fraction of sp³-hybridized carbons (Fsp3) is 0.609. The molecular formula is C23H29ClN2O4. The van der Waals surface area contributed by atoms with Crippen LogP contribution >= 0.6 is 11.6 Å². The highest BCUT2D eigenvalue weighted by Gasteiger charge is 2.46. The summed E-state index contributed by atoms with van der Waals surface area (Å²) in [5.41, 5.74) is 0.580. The molecule has 7 heteroatoms. The Morgan fingerprint density at radius 2 is 1.87 bits per heavy atom. The highest BCUT2D eigenvalue weighted by Crippen LogP contribution is 2.41. The zero-order valence-corrected chi connectivity index (χ0v) is 18.8. The van der Waals surface area contributed by atoms with E-state index in [4.69, 9.17) is 16.3 Å². The first-order chi connectivity index (χ1) is 14.0. The normalized spacial score (nSPS) is 23.6. The summed E-state index contributed by atoms with van der Waals surface area (Å²) in [6, 6.07) is 3.53. The van der Waals surface area contributed by atoms with Gasteiger partial charge in [0.25, 0.3) is 0 Å². The molecule has 3 aliphatic heterocycles. The Morgan fingerprint density at radius 3 is 2.47 bits per heavy atom. The van der Waals surface area contributed by atoms with Crippen LogP contribution in [0, 0.1) is 12.8 Å². The number of aryl methyl sites for hydroxylation is 1. The number of hydrogen-bond donors (Lipinski definition) is 0. The zero-order chi connectivity index (χ0) is 21.8. The van der Waals surface area contributed by atoms with E-state index >= 15 is 0 Å². The molecule has 1 spiro atoms. The molecule has 30 heavy (non-hydrogen) atoms. The van der Waals surface area contributed by atoms with E-state index in [0.29, 0.717) is 55.2 Å². The van der Waals surface area contributed by atoms with Crippen LogP contribution in [0.5, 0.6) is 5.75 Å². The van der Waals surface area contributed by atoms with Gasteiger partial charge >= 0.3 is 0 Å². The summed E-state index contributed by atoms with van der Waals surface area (Å²) in [5.74, 6) is 0.428. The van der Waals surface area contributed by atoms with Gasteiger partial charge in [0, 0.05) is 49.5 Å². The van der Waals surface area contributed by atoms with Gasteiger partial charge in [-0.2, -0.15) is 0 Å². The van der Waals surface area contributed by atoms with Crippen LogP contribution in [-0.2, 0) is 9.59 Å². The molecule has 1 aromatic carbocycles. The monoisotopic (exact) mass is 432 g/mol. The first kappa shape index (κ1) is 21.2. The quantitative estimate of drug-likeness (QED) is 0.679. The first-order valence-corrected chi connectivity index (χ1v) is 11.0. The van der Waals surface area contributed by atoms with Crippen molar-refractivity contribution in [2.75, 3.05) is 19.6 Å². The second-order valence-corrected chi connectivity index (χ2v) is 10.3. The molecule has 3 heterocycles.